The average molecular weight is 250 g/mol. The maximum Gasteiger partial charge on any atom is 0.269 e. The molecule has 0 saturated carbocycles. The monoisotopic (exact) mass is 250 g/mol. The van der Waals surface area contributed by atoms with Crippen LogP contribution in [0.5, 0.6) is 0 Å². The number of hydrogen-bond donors (Lipinski definition) is 1. The molecule has 0 bridgehead atoms. The van der Waals surface area contributed by atoms with Gasteiger partial charge in [-0.05, 0) is 30.9 Å². The van der Waals surface area contributed by atoms with Crippen LogP contribution in [0.4, 0.5) is 5.69 Å². The lowest BCUT2D eigenvalue weighted by Gasteiger charge is -2.19. The van der Waals surface area contributed by atoms with Crippen molar-refractivity contribution in [3.05, 3.63) is 39.9 Å². The summed E-state index contributed by atoms with van der Waals surface area (Å²) in [5.41, 5.74) is 1.30. The lowest BCUT2D eigenvalue weighted by Crippen LogP contribution is -2.32. The maximum absolute atomic E-state index is 10.6. The van der Waals surface area contributed by atoms with Crippen molar-refractivity contribution >= 4 is 5.69 Å². The van der Waals surface area contributed by atoms with Crippen molar-refractivity contribution in [2.45, 2.75) is 39.7 Å². The van der Waals surface area contributed by atoms with Gasteiger partial charge in [0.2, 0.25) is 0 Å². The Morgan fingerprint density at radius 1 is 1.28 bits per heavy atom. The van der Waals surface area contributed by atoms with Gasteiger partial charge in [-0.1, -0.05) is 32.9 Å². The van der Waals surface area contributed by atoms with E-state index in [2.05, 4.69) is 26.1 Å². The molecule has 1 aromatic carbocycles. The molecule has 0 radical (unpaired) electrons. The summed E-state index contributed by atoms with van der Waals surface area (Å²) in [4.78, 5) is 10.2. The summed E-state index contributed by atoms with van der Waals surface area (Å²) < 4.78 is 0. The van der Waals surface area contributed by atoms with E-state index in [1.807, 2.05) is 12.1 Å². The second-order valence-electron chi connectivity index (χ2n) is 5.01. The number of benzene rings is 1. The van der Waals surface area contributed by atoms with E-state index >= 15 is 0 Å². The van der Waals surface area contributed by atoms with Crippen molar-refractivity contribution in [2.75, 3.05) is 6.54 Å². The van der Waals surface area contributed by atoms with Crippen LogP contribution in [0.3, 0.4) is 0 Å². The van der Waals surface area contributed by atoms with Crippen LogP contribution in [0.2, 0.25) is 0 Å². The molecule has 0 aromatic heterocycles. The highest BCUT2D eigenvalue weighted by Gasteiger charge is 2.11. The van der Waals surface area contributed by atoms with E-state index in [0.29, 0.717) is 12.0 Å². The normalized spacial score (nSPS) is 12.7. The Bertz CT molecular complexity index is 374. The van der Waals surface area contributed by atoms with Gasteiger partial charge in [0.05, 0.1) is 4.92 Å². The minimum atomic E-state index is -0.361. The third-order valence-electron chi connectivity index (χ3n) is 2.88. The largest absolute Gasteiger partial charge is 0.314 e. The van der Waals surface area contributed by atoms with Crippen LogP contribution in [0.1, 0.15) is 32.8 Å². The molecule has 0 saturated heterocycles. The molecule has 0 aliphatic rings. The van der Waals surface area contributed by atoms with Gasteiger partial charge in [-0.15, -0.1) is 0 Å². The number of nitro groups is 1. The van der Waals surface area contributed by atoms with E-state index < -0.39 is 0 Å². The van der Waals surface area contributed by atoms with Gasteiger partial charge in [0, 0.05) is 18.2 Å². The summed E-state index contributed by atoms with van der Waals surface area (Å²) >= 11 is 0. The SMILES string of the molecule is CCNC(Cc1ccc([N+](=O)[O-])cc1)CC(C)C. The van der Waals surface area contributed by atoms with Crippen molar-refractivity contribution in [3.8, 4) is 0 Å². The van der Waals surface area contributed by atoms with E-state index in [4.69, 9.17) is 0 Å². The predicted octanol–water partition coefficient (Wildman–Crippen LogP) is 3.16. The number of nitro benzene ring substituents is 1. The zero-order chi connectivity index (χ0) is 13.5. The number of rotatable bonds is 7. The van der Waals surface area contributed by atoms with E-state index in [1.165, 1.54) is 0 Å². The quantitative estimate of drug-likeness (QED) is 0.597. The van der Waals surface area contributed by atoms with Crippen LogP contribution in [-0.2, 0) is 6.42 Å². The Labute approximate surface area is 109 Å². The third kappa shape index (κ3) is 4.84. The van der Waals surface area contributed by atoms with Crippen LogP contribution in [-0.4, -0.2) is 17.5 Å². The number of hydrogen-bond acceptors (Lipinski definition) is 3. The lowest BCUT2D eigenvalue weighted by molar-refractivity contribution is -0.384. The number of non-ortho nitro benzene ring substituents is 1. The molecule has 0 heterocycles. The first kappa shape index (κ1) is 14.6. The van der Waals surface area contributed by atoms with Gasteiger partial charge in [0.15, 0.2) is 0 Å². The molecule has 1 N–H and O–H groups in total. The van der Waals surface area contributed by atoms with Gasteiger partial charge >= 0.3 is 0 Å². The first-order valence-corrected chi connectivity index (χ1v) is 6.49. The molecule has 18 heavy (non-hydrogen) atoms. The fraction of sp³-hybridized carbons (Fsp3) is 0.571. The van der Waals surface area contributed by atoms with Gasteiger partial charge in [0.25, 0.3) is 5.69 Å². The van der Waals surface area contributed by atoms with Gasteiger partial charge in [-0.2, -0.15) is 0 Å². The van der Waals surface area contributed by atoms with Gasteiger partial charge in [-0.3, -0.25) is 10.1 Å². The average Bonchev–Trinajstić information content (AvgIpc) is 2.29. The molecule has 1 unspecified atom stereocenters. The molecule has 0 spiro atoms. The fourth-order valence-electron chi connectivity index (χ4n) is 2.13. The Morgan fingerprint density at radius 2 is 1.89 bits per heavy atom. The van der Waals surface area contributed by atoms with Crippen LogP contribution in [0.15, 0.2) is 24.3 Å². The van der Waals surface area contributed by atoms with E-state index in [1.54, 1.807) is 12.1 Å². The maximum atomic E-state index is 10.6. The Morgan fingerprint density at radius 3 is 2.33 bits per heavy atom. The highest BCUT2D eigenvalue weighted by Crippen LogP contribution is 2.15. The highest BCUT2D eigenvalue weighted by atomic mass is 16.6. The molecular weight excluding hydrogens is 228 g/mol. The van der Waals surface area contributed by atoms with Crippen molar-refractivity contribution in [1.82, 2.24) is 5.32 Å². The molecular formula is C14H22N2O2. The highest BCUT2D eigenvalue weighted by molar-refractivity contribution is 5.33. The summed E-state index contributed by atoms with van der Waals surface area (Å²) in [6.07, 6.45) is 2.04. The van der Waals surface area contributed by atoms with Gasteiger partial charge < -0.3 is 5.32 Å². The summed E-state index contributed by atoms with van der Waals surface area (Å²) in [6.45, 7) is 7.47. The smallest absolute Gasteiger partial charge is 0.269 e. The first-order chi connectivity index (χ1) is 8.52. The molecule has 1 rings (SSSR count). The molecule has 100 valence electrons. The van der Waals surface area contributed by atoms with E-state index in [-0.39, 0.29) is 10.6 Å². The predicted molar refractivity (Wildman–Crippen MR) is 73.7 cm³/mol. The van der Waals surface area contributed by atoms with Crippen LogP contribution in [0, 0.1) is 16.0 Å². The van der Waals surface area contributed by atoms with Crippen LogP contribution >= 0.6 is 0 Å². The zero-order valence-corrected chi connectivity index (χ0v) is 11.3. The zero-order valence-electron chi connectivity index (χ0n) is 11.3. The van der Waals surface area contributed by atoms with Crippen molar-refractivity contribution in [2.24, 2.45) is 5.92 Å². The molecule has 4 nitrogen and oxygen atoms in total. The van der Waals surface area contributed by atoms with Gasteiger partial charge in [-0.25, -0.2) is 0 Å². The fourth-order valence-corrected chi connectivity index (χ4v) is 2.13. The Hall–Kier alpha value is -1.42. The van der Waals surface area contributed by atoms with Crippen molar-refractivity contribution < 1.29 is 4.92 Å². The summed E-state index contributed by atoms with van der Waals surface area (Å²) in [7, 11) is 0. The summed E-state index contributed by atoms with van der Waals surface area (Å²) in [5, 5.41) is 14.0. The summed E-state index contributed by atoms with van der Waals surface area (Å²) in [5.74, 6) is 0.645. The number of likely N-dealkylation sites (N-methyl/N-ethyl adjacent to an activating group) is 1. The van der Waals surface area contributed by atoms with Gasteiger partial charge in [0.1, 0.15) is 0 Å². The molecule has 1 aromatic rings. The second-order valence-corrected chi connectivity index (χ2v) is 5.01. The standard InChI is InChI=1S/C14H22N2O2/c1-4-15-13(9-11(2)3)10-12-5-7-14(8-6-12)16(17)18/h5-8,11,13,15H,4,9-10H2,1-3H3. The van der Waals surface area contributed by atoms with E-state index in [9.17, 15) is 10.1 Å². The Kier molecular flexibility index (Phi) is 5.78. The second kappa shape index (κ2) is 7.11. The van der Waals surface area contributed by atoms with Crippen LogP contribution in [0.25, 0.3) is 0 Å². The first-order valence-electron chi connectivity index (χ1n) is 6.49. The van der Waals surface area contributed by atoms with Crippen molar-refractivity contribution in [3.63, 3.8) is 0 Å². The van der Waals surface area contributed by atoms with Crippen LogP contribution < -0.4 is 5.32 Å². The molecule has 0 amide bonds. The third-order valence-corrected chi connectivity index (χ3v) is 2.88. The molecule has 0 aliphatic carbocycles. The Balaban J connectivity index is 2.65. The van der Waals surface area contributed by atoms with Crippen molar-refractivity contribution in [1.29, 1.82) is 0 Å². The topological polar surface area (TPSA) is 55.2 Å². The number of nitrogens with one attached hydrogen (secondary N) is 1. The lowest BCUT2D eigenvalue weighted by atomic mass is 9.97. The van der Waals surface area contributed by atoms with E-state index in [0.717, 1.165) is 24.9 Å². The molecule has 0 fully saturated rings. The molecule has 1 atom stereocenters. The molecule has 0 aliphatic heterocycles. The molecule has 4 heteroatoms. The summed E-state index contributed by atoms with van der Waals surface area (Å²) in [6, 6.07) is 7.30. The number of nitrogens with zero attached hydrogens (tertiary/aromatic N) is 1. The minimum absolute atomic E-state index is 0.155. The minimum Gasteiger partial charge on any atom is -0.314 e.